The van der Waals surface area contributed by atoms with E-state index in [4.69, 9.17) is 6.42 Å². The first-order valence-electron chi connectivity index (χ1n) is 5.43. The monoisotopic (exact) mass is 279 g/mol. The van der Waals surface area contributed by atoms with Gasteiger partial charge in [-0.3, -0.25) is 5.32 Å². The largest absolute Gasteiger partial charge is 0.299 e. The van der Waals surface area contributed by atoms with Crippen LogP contribution in [0.5, 0.6) is 0 Å². The van der Waals surface area contributed by atoms with Crippen LogP contribution in [-0.4, -0.2) is 11.6 Å². The number of hydrogen-bond acceptors (Lipinski definition) is 1. The maximum atomic E-state index is 5.45. The zero-order chi connectivity index (χ0) is 12.2. The maximum Gasteiger partial charge on any atom is 0.0743 e. The van der Waals surface area contributed by atoms with Gasteiger partial charge in [-0.25, -0.2) is 0 Å². The van der Waals surface area contributed by atoms with Gasteiger partial charge in [-0.05, 0) is 44.9 Å². The summed E-state index contributed by atoms with van der Waals surface area (Å²) in [6, 6.07) is 8.76. The highest BCUT2D eigenvalue weighted by Crippen LogP contribution is 2.12. The maximum absolute atomic E-state index is 5.45. The Morgan fingerprint density at radius 3 is 2.44 bits per heavy atom. The summed E-state index contributed by atoms with van der Waals surface area (Å²) in [6.45, 7) is 6.19. The van der Waals surface area contributed by atoms with Crippen molar-refractivity contribution in [2.75, 3.05) is 0 Å². The average Bonchev–Trinajstić information content (AvgIpc) is 2.21. The third-order valence-electron chi connectivity index (χ3n) is 2.42. The molecule has 0 fully saturated rings. The minimum Gasteiger partial charge on any atom is -0.299 e. The van der Waals surface area contributed by atoms with Gasteiger partial charge in [0.15, 0.2) is 0 Å². The van der Waals surface area contributed by atoms with Crippen molar-refractivity contribution >= 4 is 15.9 Å². The molecule has 1 unspecified atom stereocenters. The summed E-state index contributed by atoms with van der Waals surface area (Å²) in [5.74, 6) is 2.75. The molecule has 0 bridgehead atoms. The molecular weight excluding hydrogens is 262 g/mol. The van der Waals surface area contributed by atoms with Crippen molar-refractivity contribution in [1.82, 2.24) is 5.32 Å². The van der Waals surface area contributed by atoms with Crippen LogP contribution in [0.3, 0.4) is 0 Å². The van der Waals surface area contributed by atoms with Gasteiger partial charge in [0.25, 0.3) is 0 Å². The average molecular weight is 280 g/mol. The molecule has 0 aliphatic rings. The van der Waals surface area contributed by atoms with E-state index in [1.807, 2.05) is 13.8 Å². The SMILES string of the molecule is C#CC(C)(C)NC(C)Cc1ccc(Br)cc1. The fourth-order valence-corrected chi connectivity index (χ4v) is 1.95. The Bertz CT molecular complexity index is 373. The Kier molecular flexibility index (Phi) is 4.58. The quantitative estimate of drug-likeness (QED) is 0.834. The minimum atomic E-state index is -0.241. The molecule has 0 spiro atoms. The Morgan fingerprint density at radius 1 is 1.38 bits per heavy atom. The molecule has 16 heavy (non-hydrogen) atoms. The topological polar surface area (TPSA) is 12.0 Å². The van der Waals surface area contributed by atoms with E-state index in [1.54, 1.807) is 0 Å². The van der Waals surface area contributed by atoms with Crippen LogP contribution >= 0.6 is 15.9 Å². The van der Waals surface area contributed by atoms with Crippen molar-refractivity contribution < 1.29 is 0 Å². The number of hydrogen-bond donors (Lipinski definition) is 1. The zero-order valence-electron chi connectivity index (χ0n) is 10.0. The Labute approximate surface area is 107 Å². The normalized spacial score (nSPS) is 13.2. The summed E-state index contributed by atoms with van der Waals surface area (Å²) in [7, 11) is 0. The van der Waals surface area contributed by atoms with Crippen LogP contribution in [0.4, 0.5) is 0 Å². The first kappa shape index (κ1) is 13.3. The van der Waals surface area contributed by atoms with Crippen molar-refractivity contribution in [3.05, 3.63) is 34.3 Å². The second-order valence-electron chi connectivity index (χ2n) is 4.65. The Balaban J connectivity index is 2.55. The third-order valence-corrected chi connectivity index (χ3v) is 2.95. The van der Waals surface area contributed by atoms with E-state index in [1.165, 1.54) is 5.56 Å². The summed E-state index contributed by atoms with van der Waals surface area (Å²) >= 11 is 3.43. The van der Waals surface area contributed by atoms with Gasteiger partial charge in [-0.2, -0.15) is 0 Å². The predicted octanol–water partition coefficient (Wildman–Crippen LogP) is 3.38. The van der Waals surface area contributed by atoms with E-state index < -0.39 is 0 Å². The number of rotatable bonds is 4. The summed E-state index contributed by atoms with van der Waals surface area (Å²) in [4.78, 5) is 0. The molecule has 0 aromatic heterocycles. The first-order chi connectivity index (χ1) is 7.43. The zero-order valence-corrected chi connectivity index (χ0v) is 11.6. The van der Waals surface area contributed by atoms with Crippen LogP contribution in [0, 0.1) is 12.3 Å². The lowest BCUT2D eigenvalue weighted by atomic mass is 10.0. The Hall–Kier alpha value is -0.780. The van der Waals surface area contributed by atoms with Crippen LogP contribution in [-0.2, 0) is 6.42 Å². The van der Waals surface area contributed by atoms with Crippen LogP contribution < -0.4 is 5.32 Å². The molecular formula is C14H18BrN. The van der Waals surface area contributed by atoms with Gasteiger partial charge in [0.05, 0.1) is 5.54 Å². The molecule has 2 heteroatoms. The minimum absolute atomic E-state index is 0.241. The fourth-order valence-electron chi connectivity index (χ4n) is 1.68. The van der Waals surface area contributed by atoms with E-state index in [0.29, 0.717) is 6.04 Å². The van der Waals surface area contributed by atoms with Gasteiger partial charge in [-0.1, -0.05) is 34.0 Å². The van der Waals surface area contributed by atoms with Crippen LogP contribution in [0.25, 0.3) is 0 Å². The molecule has 0 aliphatic heterocycles. The van der Waals surface area contributed by atoms with Crippen molar-refractivity contribution in [1.29, 1.82) is 0 Å². The van der Waals surface area contributed by atoms with Crippen molar-refractivity contribution in [2.45, 2.75) is 38.8 Å². The molecule has 1 nitrogen and oxygen atoms in total. The second-order valence-corrected chi connectivity index (χ2v) is 5.56. The smallest absolute Gasteiger partial charge is 0.0743 e. The second kappa shape index (κ2) is 5.52. The van der Waals surface area contributed by atoms with E-state index in [-0.39, 0.29) is 5.54 Å². The lowest BCUT2D eigenvalue weighted by molar-refractivity contribution is 0.420. The van der Waals surface area contributed by atoms with Gasteiger partial charge in [0.1, 0.15) is 0 Å². The molecule has 0 radical (unpaired) electrons. The van der Waals surface area contributed by atoms with Gasteiger partial charge in [0, 0.05) is 10.5 Å². The highest BCUT2D eigenvalue weighted by atomic mass is 79.9. The van der Waals surface area contributed by atoms with Gasteiger partial charge in [-0.15, -0.1) is 6.42 Å². The highest BCUT2D eigenvalue weighted by Gasteiger charge is 2.16. The lowest BCUT2D eigenvalue weighted by Crippen LogP contribution is -2.44. The molecule has 0 heterocycles. The van der Waals surface area contributed by atoms with E-state index in [0.717, 1.165) is 10.9 Å². The number of benzene rings is 1. The van der Waals surface area contributed by atoms with Crippen molar-refractivity contribution in [3.8, 4) is 12.3 Å². The van der Waals surface area contributed by atoms with E-state index in [9.17, 15) is 0 Å². The van der Waals surface area contributed by atoms with Gasteiger partial charge in [0.2, 0.25) is 0 Å². The predicted molar refractivity (Wildman–Crippen MR) is 73.4 cm³/mol. The molecule has 0 amide bonds. The molecule has 86 valence electrons. The summed E-state index contributed by atoms with van der Waals surface area (Å²) < 4.78 is 1.11. The molecule has 1 N–H and O–H groups in total. The summed E-state index contributed by atoms with van der Waals surface area (Å²) in [6.07, 6.45) is 6.43. The van der Waals surface area contributed by atoms with Gasteiger partial charge >= 0.3 is 0 Å². The molecule has 0 saturated heterocycles. The third kappa shape index (κ3) is 4.38. The summed E-state index contributed by atoms with van der Waals surface area (Å²) in [5.41, 5.74) is 1.07. The molecule has 1 atom stereocenters. The van der Waals surface area contributed by atoms with E-state index in [2.05, 4.69) is 58.4 Å². The highest BCUT2D eigenvalue weighted by molar-refractivity contribution is 9.10. The van der Waals surface area contributed by atoms with Crippen LogP contribution in [0.15, 0.2) is 28.7 Å². The number of terminal acetylenes is 1. The van der Waals surface area contributed by atoms with Crippen molar-refractivity contribution in [3.63, 3.8) is 0 Å². The standard InChI is InChI=1S/C14H18BrN/c1-5-14(3,4)16-11(2)10-12-6-8-13(15)9-7-12/h1,6-9,11,16H,10H2,2-4H3. The Morgan fingerprint density at radius 2 is 1.94 bits per heavy atom. The first-order valence-corrected chi connectivity index (χ1v) is 6.22. The molecule has 1 aromatic rings. The van der Waals surface area contributed by atoms with Crippen molar-refractivity contribution in [2.24, 2.45) is 0 Å². The number of halogens is 1. The fraction of sp³-hybridized carbons (Fsp3) is 0.429. The summed E-state index contributed by atoms with van der Waals surface area (Å²) in [5, 5.41) is 3.42. The molecule has 0 saturated carbocycles. The lowest BCUT2D eigenvalue weighted by Gasteiger charge is -2.25. The molecule has 1 aromatic carbocycles. The van der Waals surface area contributed by atoms with Gasteiger partial charge < -0.3 is 0 Å². The number of nitrogens with one attached hydrogen (secondary N) is 1. The van der Waals surface area contributed by atoms with E-state index >= 15 is 0 Å². The van der Waals surface area contributed by atoms with Crippen LogP contribution in [0.1, 0.15) is 26.3 Å². The molecule has 1 rings (SSSR count). The van der Waals surface area contributed by atoms with Crippen LogP contribution in [0.2, 0.25) is 0 Å². The molecule has 0 aliphatic carbocycles.